The molecule has 0 bridgehead atoms. The molecular weight excluding hydrogens is 178 g/mol. The van der Waals surface area contributed by atoms with Crippen LogP contribution in [0, 0.1) is 5.92 Å². The van der Waals surface area contributed by atoms with E-state index in [1.165, 1.54) is 18.4 Å². The van der Waals surface area contributed by atoms with Gasteiger partial charge >= 0.3 is 0 Å². The van der Waals surface area contributed by atoms with E-state index in [0.717, 1.165) is 25.2 Å². The molecule has 1 aliphatic carbocycles. The molecule has 0 aromatic carbocycles. The van der Waals surface area contributed by atoms with Crippen LogP contribution < -0.4 is 5.32 Å². The summed E-state index contributed by atoms with van der Waals surface area (Å²) in [7, 11) is 0. The molecule has 0 unspecified atom stereocenters. The van der Waals surface area contributed by atoms with E-state index < -0.39 is 6.61 Å². The molecule has 14 heavy (non-hydrogen) atoms. The Hall–Kier alpha value is -0.830. The van der Waals surface area contributed by atoms with E-state index in [2.05, 4.69) is 11.9 Å². The molecule has 1 rings (SSSR count). The first kappa shape index (κ1) is 11.2. The topological polar surface area (TPSA) is 49.3 Å². The number of aliphatic hydroxyl groups excluding tert-OH is 1. The molecule has 80 valence electrons. The van der Waals surface area contributed by atoms with Crippen molar-refractivity contribution in [1.82, 2.24) is 5.32 Å². The molecule has 1 aliphatic rings. The fourth-order valence-corrected chi connectivity index (χ4v) is 1.85. The fraction of sp³-hybridized carbons (Fsp3) is 0.727. The third kappa shape index (κ3) is 3.92. The van der Waals surface area contributed by atoms with E-state index in [1.807, 2.05) is 0 Å². The first-order chi connectivity index (χ1) is 6.72. The lowest BCUT2D eigenvalue weighted by molar-refractivity contribution is -0.123. The average molecular weight is 197 g/mol. The highest BCUT2D eigenvalue weighted by Gasteiger charge is 2.15. The van der Waals surface area contributed by atoms with Crippen molar-refractivity contribution in [3.63, 3.8) is 0 Å². The second-order valence-corrected chi connectivity index (χ2v) is 3.99. The molecule has 0 atom stereocenters. The SMILES string of the molecule is C=C1CCC(CCNC(=O)CO)CC1. The zero-order valence-electron chi connectivity index (χ0n) is 8.59. The number of amides is 1. The summed E-state index contributed by atoms with van der Waals surface area (Å²) in [5.41, 5.74) is 1.36. The maximum absolute atomic E-state index is 10.7. The van der Waals surface area contributed by atoms with Crippen LogP contribution in [-0.2, 0) is 4.79 Å². The molecule has 0 aromatic heterocycles. The predicted octanol–water partition coefficient (Wildman–Crippen LogP) is 1.23. The number of hydrogen-bond donors (Lipinski definition) is 2. The average Bonchev–Trinajstić information content (AvgIpc) is 2.21. The van der Waals surface area contributed by atoms with Crippen molar-refractivity contribution in [2.24, 2.45) is 5.92 Å². The van der Waals surface area contributed by atoms with E-state index >= 15 is 0 Å². The van der Waals surface area contributed by atoms with Crippen LogP contribution in [0.2, 0.25) is 0 Å². The van der Waals surface area contributed by atoms with Gasteiger partial charge < -0.3 is 10.4 Å². The predicted molar refractivity (Wildman–Crippen MR) is 55.8 cm³/mol. The number of carbonyl (C=O) groups excluding carboxylic acids is 1. The maximum Gasteiger partial charge on any atom is 0.245 e. The molecule has 1 amide bonds. The summed E-state index contributed by atoms with van der Waals surface area (Å²) in [5, 5.41) is 11.2. The van der Waals surface area contributed by atoms with Crippen LogP contribution in [0.25, 0.3) is 0 Å². The molecule has 1 saturated carbocycles. The zero-order chi connectivity index (χ0) is 10.4. The minimum atomic E-state index is -0.401. The Labute approximate surface area is 85.2 Å². The quantitative estimate of drug-likeness (QED) is 0.666. The van der Waals surface area contributed by atoms with Gasteiger partial charge in [0.2, 0.25) is 5.91 Å². The van der Waals surface area contributed by atoms with Gasteiger partial charge in [-0.3, -0.25) is 4.79 Å². The van der Waals surface area contributed by atoms with Crippen molar-refractivity contribution in [3.05, 3.63) is 12.2 Å². The zero-order valence-corrected chi connectivity index (χ0v) is 8.59. The number of hydrogen-bond acceptors (Lipinski definition) is 2. The monoisotopic (exact) mass is 197 g/mol. The van der Waals surface area contributed by atoms with Crippen LogP contribution >= 0.6 is 0 Å². The van der Waals surface area contributed by atoms with Crippen LogP contribution in [0.4, 0.5) is 0 Å². The molecule has 0 aliphatic heterocycles. The Morgan fingerprint density at radius 1 is 1.50 bits per heavy atom. The van der Waals surface area contributed by atoms with E-state index in [4.69, 9.17) is 5.11 Å². The van der Waals surface area contributed by atoms with Crippen LogP contribution in [0.3, 0.4) is 0 Å². The molecule has 1 fully saturated rings. The summed E-state index contributed by atoms with van der Waals surface area (Å²) in [6, 6.07) is 0. The molecule has 2 N–H and O–H groups in total. The van der Waals surface area contributed by atoms with Crippen molar-refractivity contribution >= 4 is 5.91 Å². The van der Waals surface area contributed by atoms with E-state index in [1.54, 1.807) is 0 Å². The Kier molecular flexibility index (Phi) is 4.66. The Morgan fingerprint density at radius 2 is 2.14 bits per heavy atom. The largest absolute Gasteiger partial charge is 0.387 e. The minimum absolute atomic E-state index is 0.273. The normalized spacial score (nSPS) is 18.2. The van der Waals surface area contributed by atoms with Crippen molar-refractivity contribution in [2.45, 2.75) is 32.1 Å². The fourth-order valence-electron chi connectivity index (χ4n) is 1.85. The molecule has 0 radical (unpaired) electrons. The third-order valence-electron chi connectivity index (χ3n) is 2.83. The minimum Gasteiger partial charge on any atom is -0.387 e. The highest BCUT2D eigenvalue weighted by molar-refractivity contribution is 5.76. The first-order valence-electron chi connectivity index (χ1n) is 5.26. The molecule has 3 heteroatoms. The third-order valence-corrected chi connectivity index (χ3v) is 2.83. The second kappa shape index (κ2) is 5.81. The van der Waals surface area contributed by atoms with Gasteiger partial charge in [0.25, 0.3) is 0 Å². The van der Waals surface area contributed by atoms with Gasteiger partial charge in [-0.05, 0) is 38.0 Å². The number of allylic oxidation sites excluding steroid dienone is 1. The second-order valence-electron chi connectivity index (χ2n) is 3.99. The molecule has 3 nitrogen and oxygen atoms in total. The van der Waals surface area contributed by atoms with Gasteiger partial charge in [-0.2, -0.15) is 0 Å². The smallest absolute Gasteiger partial charge is 0.245 e. The lowest BCUT2D eigenvalue weighted by Gasteiger charge is -2.23. The van der Waals surface area contributed by atoms with Crippen molar-refractivity contribution < 1.29 is 9.90 Å². The number of carbonyl (C=O) groups is 1. The standard InChI is InChI=1S/C11H19NO2/c1-9-2-4-10(5-3-9)6-7-12-11(14)8-13/h10,13H,1-8H2,(H,12,14). The molecule has 0 spiro atoms. The van der Waals surface area contributed by atoms with E-state index in [0.29, 0.717) is 6.54 Å². The lowest BCUT2D eigenvalue weighted by Crippen LogP contribution is -2.28. The molecule has 0 heterocycles. The summed E-state index contributed by atoms with van der Waals surface area (Å²) >= 11 is 0. The van der Waals surface area contributed by atoms with Gasteiger partial charge in [-0.25, -0.2) is 0 Å². The van der Waals surface area contributed by atoms with Gasteiger partial charge in [0.15, 0.2) is 0 Å². The van der Waals surface area contributed by atoms with Crippen LogP contribution in [-0.4, -0.2) is 24.2 Å². The highest BCUT2D eigenvalue weighted by atomic mass is 16.3. The van der Waals surface area contributed by atoms with Crippen LogP contribution in [0.1, 0.15) is 32.1 Å². The van der Waals surface area contributed by atoms with Crippen molar-refractivity contribution in [3.8, 4) is 0 Å². The van der Waals surface area contributed by atoms with Crippen LogP contribution in [0.5, 0.6) is 0 Å². The number of aliphatic hydroxyl groups is 1. The molecule has 0 aromatic rings. The Balaban J connectivity index is 2.07. The van der Waals surface area contributed by atoms with Crippen molar-refractivity contribution in [2.75, 3.05) is 13.2 Å². The summed E-state index contributed by atoms with van der Waals surface area (Å²) in [4.78, 5) is 10.7. The van der Waals surface area contributed by atoms with E-state index in [9.17, 15) is 4.79 Å². The van der Waals surface area contributed by atoms with Gasteiger partial charge in [-0.15, -0.1) is 0 Å². The lowest BCUT2D eigenvalue weighted by atomic mass is 9.85. The summed E-state index contributed by atoms with van der Waals surface area (Å²) < 4.78 is 0. The van der Waals surface area contributed by atoms with Gasteiger partial charge in [0.05, 0.1) is 0 Å². The molecule has 0 saturated heterocycles. The summed E-state index contributed by atoms with van der Waals surface area (Å²) in [6.45, 7) is 4.26. The summed E-state index contributed by atoms with van der Waals surface area (Å²) in [6.07, 6.45) is 5.71. The summed E-state index contributed by atoms with van der Waals surface area (Å²) in [5.74, 6) is 0.449. The van der Waals surface area contributed by atoms with Gasteiger partial charge in [0, 0.05) is 6.54 Å². The van der Waals surface area contributed by atoms with Crippen LogP contribution in [0.15, 0.2) is 12.2 Å². The molecular formula is C11H19NO2. The first-order valence-corrected chi connectivity index (χ1v) is 5.26. The number of rotatable bonds is 4. The highest BCUT2D eigenvalue weighted by Crippen LogP contribution is 2.28. The Bertz CT molecular complexity index is 203. The number of nitrogens with one attached hydrogen (secondary N) is 1. The van der Waals surface area contributed by atoms with Gasteiger partial charge in [-0.1, -0.05) is 12.2 Å². The maximum atomic E-state index is 10.7. The van der Waals surface area contributed by atoms with Gasteiger partial charge in [0.1, 0.15) is 6.61 Å². The van der Waals surface area contributed by atoms with E-state index in [-0.39, 0.29) is 5.91 Å². The Morgan fingerprint density at radius 3 is 2.71 bits per heavy atom. The van der Waals surface area contributed by atoms with Crippen molar-refractivity contribution in [1.29, 1.82) is 0 Å².